The molecule has 1 aromatic rings. The monoisotopic (exact) mass is 316 g/mol. The molecule has 0 saturated carbocycles. The van der Waals surface area contributed by atoms with Crippen LogP contribution < -0.4 is 9.47 Å². The van der Waals surface area contributed by atoms with Gasteiger partial charge in [-0.15, -0.1) is 0 Å². The fourth-order valence-corrected chi connectivity index (χ4v) is 2.71. The summed E-state index contributed by atoms with van der Waals surface area (Å²) in [6.45, 7) is 0.231. The molecule has 0 bridgehead atoms. The van der Waals surface area contributed by atoms with E-state index >= 15 is 0 Å². The van der Waals surface area contributed by atoms with Gasteiger partial charge < -0.3 is 9.47 Å². The van der Waals surface area contributed by atoms with Crippen LogP contribution in [0.3, 0.4) is 0 Å². The Morgan fingerprint density at radius 2 is 1.84 bits per heavy atom. The first-order valence-electron chi connectivity index (χ1n) is 5.09. The highest BCUT2D eigenvalue weighted by molar-refractivity contribution is 8.13. The first-order chi connectivity index (χ1) is 8.68. The van der Waals surface area contributed by atoms with Gasteiger partial charge in [0.1, 0.15) is 13.2 Å². The van der Waals surface area contributed by atoms with Gasteiger partial charge in [0.05, 0.1) is 11.3 Å². The van der Waals surface area contributed by atoms with Crippen molar-refractivity contribution in [2.75, 3.05) is 13.2 Å². The van der Waals surface area contributed by atoms with Crippen LogP contribution in [-0.4, -0.2) is 21.6 Å². The summed E-state index contributed by atoms with van der Waals surface area (Å²) in [5.41, 5.74) is -1.62. The summed E-state index contributed by atoms with van der Waals surface area (Å²) >= 11 is 0. The normalized spacial score (nSPS) is 15.4. The molecule has 0 aliphatic carbocycles. The zero-order valence-electron chi connectivity index (χ0n) is 9.33. The molecule has 0 atom stereocenters. The molecular weight excluding hydrogens is 309 g/mol. The van der Waals surface area contributed by atoms with Gasteiger partial charge in [-0.3, -0.25) is 0 Å². The maximum Gasteiger partial charge on any atom is 0.416 e. The second kappa shape index (κ2) is 4.75. The fourth-order valence-electron chi connectivity index (χ4n) is 1.75. The van der Waals surface area contributed by atoms with Gasteiger partial charge in [-0.2, -0.15) is 13.2 Å². The number of hydrogen-bond acceptors (Lipinski definition) is 4. The highest BCUT2D eigenvalue weighted by Crippen LogP contribution is 2.43. The summed E-state index contributed by atoms with van der Waals surface area (Å²) in [5.74, 6) is -1.12. The molecular formula is C10H8ClF3O4S. The van der Waals surface area contributed by atoms with Crippen LogP contribution in [0.1, 0.15) is 11.1 Å². The van der Waals surface area contributed by atoms with Crippen molar-refractivity contribution >= 4 is 19.7 Å². The van der Waals surface area contributed by atoms with E-state index in [1.165, 1.54) is 0 Å². The third-order valence-corrected chi connectivity index (χ3v) is 3.39. The van der Waals surface area contributed by atoms with Crippen molar-refractivity contribution in [1.82, 2.24) is 0 Å². The van der Waals surface area contributed by atoms with Crippen molar-refractivity contribution < 1.29 is 31.1 Å². The molecule has 106 valence electrons. The summed E-state index contributed by atoms with van der Waals surface area (Å²) in [4.78, 5) is 0. The zero-order chi connectivity index (χ0) is 14.3. The van der Waals surface area contributed by atoms with Gasteiger partial charge in [-0.05, 0) is 12.1 Å². The van der Waals surface area contributed by atoms with Crippen LogP contribution in [0.5, 0.6) is 11.5 Å². The first-order valence-corrected chi connectivity index (χ1v) is 7.57. The molecule has 0 radical (unpaired) electrons. The van der Waals surface area contributed by atoms with E-state index in [1.54, 1.807) is 0 Å². The molecule has 2 rings (SSSR count). The molecule has 9 heteroatoms. The zero-order valence-corrected chi connectivity index (χ0v) is 10.9. The predicted molar refractivity (Wildman–Crippen MR) is 60.9 cm³/mol. The Hall–Kier alpha value is -1.15. The lowest BCUT2D eigenvalue weighted by atomic mass is 10.1. The number of alkyl halides is 3. The van der Waals surface area contributed by atoms with Gasteiger partial charge >= 0.3 is 6.18 Å². The lowest BCUT2D eigenvalue weighted by Gasteiger charge is -2.23. The SMILES string of the molecule is O=S(=O)(Cl)Cc1c(C(F)(F)F)ccc2c1OCCO2. The van der Waals surface area contributed by atoms with Crippen LogP contribution in [0.25, 0.3) is 0 Å². The molecule has 1 aromatic carbocycles. The third kappa shape index (κ3) is 3.24. The molecule has 0 spiro atoms. The lowest BCUT2D eigenvalue weighted by Crippen LogP contribution is -2.20. The van der Waals surface area contributed by atoms with E-state index in [-0.39, 0.29) is 24.7 Å². The van der Waals surface area contributed by atoms with Crippen molar-refractivity contribution in [3.63, 3.8) is 0 Å². The third-order valence-electron chi connectivity index (χ3n) is 2.43. The van der Waals surface area contributed by atoms with Crippen molar-refractivity contribution in [2.45, 2.75) is 11.9 Å². The molecule has 0 saturated heterocycles. The summed E-state index contributed by atoms with van der Waals surface area (Å²) in [5, 5.41) is 0. The predicted octanol–water partition coefficient (Wildman–Crippen LogP) is 2.55. The van der Waals surface area contributed by atoms with Gasteiger partial charge in [0, 0.05) is 16.2 Å². The van der Waals surface area contributed by atoms with Crippen LogP contribution in [0.2, 0.25) is 0 Å². The summed E-state index contributed by atoms with van der Waals surface area (Å²) in [7, 11) is 0.884. The summed E-state index contributed by atoms with van der Waals surface area (Å²) in [6.07, 6.45) is -4.70. The van der Waals surface area contributed by atoms with Crippen LogP contribution in [0.4, 0.5) is 13.2 Å². The van der Waals surface area contributed by atoms with Gasteiger partial charge in [0.2, 0.25) is 9.05 Å². The van der Waals surface area contributed by atoms with E-state index in [0.717, 1.165) is 12.1 Å². The minimum absolute atomic E-state index is 0.0453. The number of ether oxygens (including phenoxy) is 2. The van der Waals surface area contributed by atoms with E-state index in [0.29, 0.717) is 0 Å². The van der Waals surface area contributed by atoms with Crippen LogP contribution in [0.15, 0.2) is 12.1 Å². The summed E-state index contributed by atoms with van der Waals surface area (Å²) < 4.78 is 70.9. The molecule has 0 amide bonds. The average Bonchev–Trinajstić information content (AvgIpc) is 2.25. The molecule has 4 nitrogen and oxygen atoms in total. The average molecular weight is 317 g/mol. The molecule has 19 heavy (non-hydrogen) atoms. The van der Waals surface area contributed by atoms with E-state index in [2.05, 4.69) is 0 Å². The van der Waals surface area contributed by atoms with Crippen molar-refractivity contribution in [2.24, 2.45) is 0 Å². The van der Waals surface area contributed by atoms with E-state index in [4.69, 9.17) is 20.2 Å². The Bertz CT molecular complexity index is 598. The van der Waals surface area contributed by atoms with Crippen molar-refractivity contribution in [3.8, 4) is 11.5 Å². The fraction of sp³-hybridized carbons (Fsp3) is 0.400. The van der Waals surface area contributed by atoms with Crippen LogP contribution in [0, 0.1) is 0 Å². The largest absolute Gasteiger partial charge is 0.486 e. The van der Waals surface area contributed by atoms with Gasteiger partial charge in [-0.1, -0.05) is 0 Å². The Balaban J connectivity index is 2.62. The number of benzene rings is 1. The topological polar surface area (TPSA) is 52.6 Å². The van der Waals surface area contributed by atoms with E-state index < -0.39 is 32.1 Å². The molecule has 1 aliphatic heterocycles. The maximum atomic E-state index is 12.9. The second-order valence-corrected chi connectivity index (χ2v) is 6.57. The molecule has 0 unspecified atom stereocenters. The lowest BCUT2D eigenvalue weighted by molar-refractivity contribution is -0.138. The second-order valence-electron chi connectivity index (χ2n) is 3.80. The van der Waals surface area contributed by atoms with Crippen molar-refractivity contribution in [1.29, 1.82) is 0 Å². The minimum atomic E-state index is -4.70. The maximum absolute atomic E-state index is 12.9. The Morgan fingerprint density at radius 3 is 2.42 bits per heavy atom. The Labute approximate surface area is 111 Å². The molecule has 0 fully saturated rings. The molecule has 1 aliphatic rings. The van der Waals surface area contributed by atoms with Gasteiger partial charge in [-0.25, -0.2) is 8.42 Å². The quantitative estimate of drug-likeness (QED) is 0.787. The summed E-state index contributed by atoms with van der Waals surface area (Å²) in [6, 6.07) is 1.85. The smallest absolute Gasteiger partial charge is 0.416 e. The molecule has 1 heterocycles. The van der Waals surface area contributed by atoms with E-state index in [9.17, 15) is 21.6 Å². The minimum Gasteiger partial charge on any atom is -0.486 e. The number of fused-ring (bicyclic) bond motifs is 1. The van der Waals surface area contributed by atoms with Crippen LogP contribution >= 0.6 is 10.7 Å². The van der Waals surface area contributed by atoms with Crippen LogP contribution in [-0.2, 0) is 21.0 Å². The van der Waals surface area contributed by atoms with E-state index in [1.807, 2.05) is 0 Å². The van der Waals surface area contributed by atoms with Crippen molar-refractivity contribution in [3.05, 3.63) is 23.3 Å². The highest BCUT2D eigenvalue weighted by atomic mass is 35.7. The number of hydrogen-bond donors (Lipinski definition) is 0. The standard InChI is InChI=1S/C10H8ClF3O4S/c11-19(15,16)5-6-7(10(12,13)14)1-2-8-9(6)18-4-3-17-8/h1-2H,3-5H2. The first kappa shape index (κ1) is 14.3. The number of halogens is 4. The highest BCUT2D eigenvalue weighted by Gasteiger charge is 2.37. The Kier molecular flexibility index (Phi) is 3.57. The molecule has 0 N–H and O–H groups in total. The molecule has 0 aromatic heterocycles. The number of rotatable bonds is 2. The van der Waals surface area contributed by atoms with Gasteiger partial charge in [0.15, 0.2) is 11.5 Å². The van der Waals surface area contributed by atoms with Gasteiger partial charge in [0.25, 0.3) is 0 Å². The Morgan fingerprint density at radius 1 is 1.21 bits per heavy atom.